The quantitative estimate of drug-likeness (QED) is 0.395. The summed E-state index contributed by atoms with van der Waals surface area (Å²) in [6.07, 6.45) is 3.43. The van der Waals surface area contributed by atoms with Gasteiger partial charge in [0.2, 0.25) is 0 Å². The van der Waals surface area contributed by atoms with Crippen molar-refractivity contribution in [3.05, 3.63) is 124 Å². The second-order valence-corrected chi connectivity index (χ2v) is 6.01. The fourth-order valence-corrected chi connectivity index (χ4v) is 2.56. The summed E-state index contributed by atoms with van der Waals surface area (Å²) in [7, 11) is 0. The second-order valence-electron chi connectivity index (χ2n) is 6.01. The molecular formula is C24H18FNO2. The monoisotopic (exact) mass is 371 g/mol. The predicted molar refractivity (Wildman–Crippen MR) is 111 cm³/mol. The zero-order valence-electron chi connectivity index (χ0n) is 15.0. The SMILES string of the molecule is O=C(C=Cc1ccccc1)c1ccccc1.O=c1[nH]c2ccccc2cc1F. The van der Waals surface area contributed by atoms with Crippen LogP contribution in [0, 0.1) is 5.82 Å². The highest BCUT2D eigenvalue weighted by Gasteiger charge is 1.99. The normalized spacial score (nSPS) is 10.5. The van der Waals surface area contributed by atoms with E-state index in [1.165, 1.54) is 6.07 Å². The van der Waals surface area contributed by atoms with E-state index in [9.17, 15) is 14.0 Å². The van der Waals surface area contributed by atoms with Crippen molar-refractivity contribution in [1.82, 2.24) is 4.98 Å². The molecule has 3 nitrogen and oxygen atoms in total. The maximum Gasteiger partial charge on any atom is 0.284 e. The first-order valence-electron chi connectivity index (χ1n) is 8.73. The first kappa shape index (κ1) is 19.0. The largest absolute Gasteiger partial charge is 0.319 e. The van der Waals surface area contributed by atoms with Gasteiger partial charge < -0.3 is 4.98 Å². The predicted octanol–water partition coefficient (Wildman–Crippen LogP) is 5.25. The molecule has 0 saturated carbocycles. The van der Waals surface area contributed by atoms with E-state index in [1.54, 1.807) is 30.3 Å². The fourth-order valence-electron chi connectivity index (χ4n) is 2.56. The standard InChI is InChI=1S/C15H12O.C9H6FNO/c16-15(14-9-5-2-6-10-14)12-11-13-7-3-1-4-8-13;10-7-5-6-3-1-2-4-8(6)11-9(7)12/h1-12H;1-5H,(H,11,12). The van der Waals surface area contributed by atoms with E-state index in [2.05, 4.69) is 4.98 Å². The zero-order chi connectivity index (χ0) is 19.8. The molecule has 1 heterocycles. The number of H-pyrrole nitrogens is 1. The van der Waals surface area contributed by atoms with Crippen LogP contribution in [0.15, 0.2) is 102 Å². The van der Waals surface area contributed by atoms with Crippen LogP contribution in [0.1, 0.15) is 15.9 Å². The molecule has 0 atom stereocenters. The van der Waals surface area contributed by atoms with Gasteiger partial charge >= 0.3 is 0 Å². The summed E-state index contributed by atoms with van der Waals surface area (Å²) in [6.45, 7) is 0. The van der Waals surface area contributed by atoms with E-state index >= 15 is 0 Å². The van der Waals surface area contributed by atoms with Gasteiger partial charge in [-0.2, -0.15) is 0 Å². The molecule has 138 valence electrons. The van der Waals surface area contributed by atoms with E-state index < -0.39 is 11.4 Å². The number of fused-ring (bicyclic) bond motifs is 1. The molecule has 0 radical (unpaired) electrons. The number of pyridine rings is 1. The van der Waals surface area contributed by atoms with Crippen LogP contribution in [0.2, 0.25) is 0 Å². The molecule has 0 aliphatic carbocycles. The van der Waals surface area contributed by atoms with Crippen molar-refractivity contribution in [3.8, 4) is 0 Å². The number of halogens is 1. The molecule has 0 amide bonds. The molecule has 0 aliphatic heterocycles. The number of carbonyl (C=O) groups is 1. The average molecular weight is 371 g/mol. The lowest BCUT2D eigenvalue weighted by Crippen LogP contribution is -2.09. The number of hydrogen-bond donors (Lipinski definition) is 1. The molecule has 0 saturated heterocycles. The first-order chi connectivity index (χ1) is 13.6. The van der Waals surface area contributed by atoms with E-state index in [0.717, 1.165) is 11.1 Å². The van der Waals surface area contributed by atoms with Crippen molar-refractivity contribution in [1.29, 1.82) is 0 Å². The van der Waals surface area contributed by atoms with Gasteiger partial charge in [0.15, 0.2) is 11.6 Å². The summed E-state index contributed by atoms with van der Waals surface area (Å²) in [5, 5.41) is 0.703. The van der Waals surface area contributed by atoms with Gasteiger partial charge in [0.05, 0.1) is 0 Å². The van der Waals surface area contributed by atoms with Crippen molar-refractivity contribution in [2.75, 3.05) is 0 Å². The Kier molecular flexibility index (Phi) is 6.26. The molecule has 4 heteroatoms. The van der Waals surface area contributed by atoms with Gasteiger partial charge in [0, 0.05) is 16.5 Å². The lowest BCUT2D eigenvalue weighted by molar-refractivity contribution is 0.104. The molecule has 4 aromatic rings. The van der Waals surface area contributed by atoms with Crippen LogP contribution in [-0.2, 0) is 0 Å². The number of allylic oxidation sites excluding steroid dienone is 1. The molecule has 0 fully saturated rings. The van der Waals surface area contributed by atoms with Crippen molar-refractivity contribution in [2.24, 2.45) is 0 Å². The molecule has 1 N–H and O–H groups in total. The Balaban J connectivity index is 0.000000167. The summed E-state index contributed by atoms with van der Waals surface area (Å²) >= 11 is 0. The van der Waals surface area contributed by atoms with Gasteiger partial charge in [0.1, 0.15) is 0 Å². The number of hydrogen-bond acceptors (Lipinski definition) is 2. The van der Waals surface area contributed by atoms with Crippen LogP contribution in [0.3, 0.4) is 0 Å². The maximum atomic E-state index is 12.7. The Morgan fingerprint density at radius 2 is 1.43 bits per heavy atom. The van der Waals surface area contributed by atoms with Crippen molar-refractivity contribution in [3.63, 3.8) is 0 Å². The summed E-state index contributed by atoms with van der Waals surface area (Å²) in [4.78, 5) is 25.0. The molecule has 3 aromatic carbocycles. The smallest absolute Gasteiger partial charge is 0.284 e. The highest BCUT2D eigenvalue weighted by molar-refractivity contribution is 6.06. The average Bonchev–Trinajstić information content (AvgIpc) is 2.75. The van der Waals surface area contributed by atoms with E-state index in [0.29, 0.717) is 10.9 Å². The maximum absolute atomic E-state index is 12.7. The van der Waals surface area contributed by atoms with Crippen LogP contribution in [0.4, 0.5) is 4.39 Å². The van der Waals surface area contributed by atoms with E-state index in [4.69, 9.17) is 0 Å². The lowest BCUT2D eigenvalue weighted by atomic mass is 10.1. The Bertz CT molecular complexity index is 1150. The summed E-state index contributed by atoms with van der Waals surface area (Å²) in [5.41, 5.74) is 1.74. The Morgan fingerprint density at radius 3 is 2.14 bits per heavy atom. The third kappa shape index (κ3) is 5.11. The molecule has 1 aromatic heterocycles. The molecule has 4 rings (SSSR count). The summed E-state index contributed by atoms with van der Waals surface area (Å²) in [6, 6.07) is 27.3. The molecule has 28 heavy (non-hydrogen) atoms. The fraction of sp³-hybridized carbons (Fsp3) is 0. The van der Waals surface area contributed by atoms with Gasteiger partial charge in [-0.1, -0.05) is 84.9 Å². The van der Waals surface area contributed by atoms with E-state index in [-0.39, 0.29) is 5.78 Å². The van der Waals surface area contributed by atoms with Gasteiger partial charge in [0.25, 0.3) is 5.56 Å². The topological polar surface area (TPSA) is 49.9 Å². The number of ketones is 1. The van der Waals surface area contributed by atoms with Crippen LogP contribution >= 0.6 is 0 Å². The Morgan fingerprint density at radius 1 is 0.821 bits per heavy atom. The number of aromatic nitrogens is 1. The first-order valence-corrected chi connectivity index (χ1v) is 8.73. The second kappa shape index (κ2) is 9.24. The van der Waals surface area contributed by atoms with Crippen LogP contribution in [0.5, 0.6) is 0 Å². The van der Waals surface area contributed by atoms with Crippen LogP contribution in [0.25, 0.3) is 17.0 Å². The zero-order valence-corrected chi connectivity index (χ0v) is 15.0. The molecular weight excluding hydrogens is 353 g/mol. The number of nitrogens with one attached hydrogen (secondary N) is 1. The summed E-state index contributed by atoms with van der Waals surface area (Å²) < 4.78 is 12.7. The van der Waals surface area contributed by atoms with Gasteiger partial charge in [-0.15, -0.1) is 0 Å². The van der Waals surface area contributed by atoms with E-state index in [1.807, 2.05) is 66.7 Å². The van der Waals surface area contributed by atoms with Gasteiger partial charge in [-0.25, -0.2) is 4.39 Å². The molecule has 0 spiro atoms. The summed E-state index contributed by atoms with van der Waals surface area (Å²) in [5.74, 6) is -0.710. The number of aromatic amines is 1. The van der Waals surface area contributed by atoms with Crippen LogP contribution < -0.4 is 5.56 Å². The lowest BCUT2D eigenvalue weighted by Gasteiger charge is -1.95. The minimum absolute atomic E-state index is 0.0319. The Labute approximate surface area is 161 Å². The highest BCUT2D eigenvalue weighted by Crippen LogP contribution is 2.08. The van der Waals surface area contributed by atoms with Crippen LogP contribution in [-0.4, -0.2) is 10.8 Å². The molecule has 0 unspecified atom stereocenters. The number of benzene rings is 3. The Hall–Kier alpha value is -3.79. The molecule has 0 aliphatic rings. The van der Waals surface area contributed by atoms with Crippen molar-refractivity contribution in [2.45, 2.75) is 0 Å². The third-order valence-electron chi connectivity index (χ3n) is 3.99. The highest BCUT2D eigenvalue weighted by atomic mass is 19.1. The van der Waals surface area contributed by atoms with Gasteiger partial charge in [-0.3, -0.25) is 9.59 Å². The van der Waals surface area contributed by atoms with Crippen molar-refractivity contribution < 1.29 is 9.18 Å². The van der Waals surface area contributed by atoms with Gasteiger partial charge in [-0.05, 0) is 23.8 Å². The minimum atomic E-state index is -0.742. The van der Waals surface area contributed by atoms with Crippen molar-refractivity contribution >= 4 is 22.8 Å². The number of rotatable bonds is 3. The molecule has 0 bridgehead atoms. The minimum Gasteiger partial charge on any atom is -0.319 e. The third-order valence-corrected chi connectivity index (χ3v) is 3.99. The number of carbonyl (C=O) groups excluding carboxylic acids is 1. The number of para-hydroxylation sites is 1.